The zero-order chi connectivity index (χ0) is 20.1. The second kappa shape index (κ2) is 9.22. The molecule has 0 aliphatic heterocycles. The maximum absolute atomic E-state index is 12.4. The fourth-order valence-electron chi connectivity index (χ4n) is 4.67. The molecule has 152 valence electrons. The highest BCUT2D eigenvalue weighted by molar-refractivity contribution is 5.97. The Bertz CT molecular complexity index is 729. The highest BCUT2D eigenvalue weighted by Gasteiger charge is 2.40. The number of rotatable bonds is 8. The van der Waals surface area contributed by atoms with E-state index in [1.54, 1.807) is 29.2 Å². The molecular formula is C22H30N2O4. The van der Waals surface area contributed by atoms with Gasteiger partial charge in [0.15, 0.2) is 6.61 Å². The molecule has 3 atom stereocenters. The molecule has 1 aromatic rings. The Labute approximate surface area is 166 Å². The van der Waals surface area contributed by atoms with E-state index in [1.807, 2.05) is 13.8 Å². The second-order valence-corrected chi connectivity index (χ2v) is 7.91. The molecule has 0 spiro atoms. The summed E-state index contributed by atoms with van der Waals surface area (Å²) in [6.45, 7) is 4.82. The van der Waals surface area contributed by atoms with Crippen LogP contribution in [-0.4, -0.2) is 42.4 Å². The molecule has 0 aromatic heterocycles. The third kappa shape index (κ3) is 4.91. The van der Waals surface area contributed by atoms with Crippen molar-refractivity contribution >= 4 is 23.5 Å². The minimum absolute atomic E-state index is 0.0709. The van der Waals surface area contributed by atoms with Crippen LogP contribution in [0.4, 0.5) is 5.69 Å². The first-order valence-corrected chi connectivity index (χ1v) is 10.3. The lowest BCUT2D eigenvalue weighted by molar-refractivity contribution is -0.148. The van der Waals surface area contributed by atoms with E-state index in [0.717, 1.165) is 12.3 Å². The van der Waals surface area contributed by atoms with E-state index in [1.165, 1.54) is 19.3 Å². The standard InChI is InChI=1S/C22H30N2O4/c1-3-24(4-2)22(27)17-6-5-7-19(12-17)23-20(25)14-28-21(26)13-18-11-15-8-9-16(18)10-15/h5-7,12,15-16,18H,3-4,8-11,13-14H2,1-2H3,(H,23,25)/t15-,16+,18+/m0/s1. The Morgan fingerprint density at radius 2 is 1.93 bits per heavy atom. The van der Waals surface area contributed by atoms with Gasteiger partial charge in [-0.15, -0.1) is 0 Å². The Morgan fingerprint density at radius 3 is 2.57 bits per heavy atom. The van der Waals surface area contributed by atoms with Crippen molar-refractivity contribution in [2.45, 2.75) is 46.0 Å². The number of hydrogen-bond donors (Lipinski definition) is 1. The average molecular weight is 386 g/mol. The number of nitrogens with zero attached hydrogens (tertiary/aromatic N) is 1. The Balaban J connectivity index is 1.46. The SMILES string of the molecule is CCN(CC)C(=O)c1cccc(NC(=O)COC(=O)C[C@H]2C[C@H]3CC[C@@H]2C3)c1. The van der Waals surface area contributed by atoms with Crippen LogP contribution in [0.15, 0.2) is 24.3 Å². The van der Waals surface area contributed by atoms with Crippen molar-refractivity contribution in [3.05, 3.63) is 29.8 Å². The fourth-order valence-corrected chi connectivity index (χ4v) is 4.67. The van der Waals surface area contributed by atoms with E-state index in [-0.39, 0.29) is 18.5 Å². The van der Waals surface area contributed by atoms with Crippen LogP contribution in [0.25, 0.3) is 0 Å². The minimum Gasteiger partial charge on any atom is -0.456 e. The number of carbonyl (C=O) groups excluding carboxylic acids is 3. The zero-order valence-corrected chi connectivity index (χ0v) is 16.8. The van der Waals surface area contributed by atoms with Crippen LogP contribution in [0.5, 0.6) is 0 Å². The molecule has 6 nitrogen and oxygen atoms in total. The monoisotopic (exact) mass is 386 g/mol. The Kier molecular flexibility index (Phi) is 6.70. The van der Waals surface area contributed by atoms with Crippen LogP contribution >= 0.6 is 0 Å². The van der Waals surface area contributed by atoms with Gasteiger partial charge in [0.2, 0.25) is 0 Å². The number of hydrogen-bond acceptors (Lipinski definition) is 4. The highest BCUT2D eigenvalue weighted by atomic mass is 16.5. The number of amides is 2. The molecule has 0 heterocycles. The molecule has 3 rings (SSSR count). The molecule has 2 bridgehead atoms. The smallest absolute Gasteiger partial charge is 0.306 e. The van der Waals surface area contributed by atoms with Crippen molar-refractivity contribution < 1.29 is 19.1 Å². The van der Waals surface area contributed by atoms with Gasteiger partial charge in [0.25, 0.3) is 11.8 Å². The molecule has 0 radical (unpaired) electrons. The molecule has 2 amide bonds. The summed E-state index contributed by atoms with van der Waals surface area (Å²) in [5, 5.41) is 2.70. The molecule has 2 saturated carbocycles. The molecule has 1 N–H and O–H groups in total. The molecule has 2 aliphatic carbocycles. The summed E-state index contributed by atoms with van der Waals surface area (Å²) in [5.41, 5.74) is 1.04. The number of nitrogens with one attached hydrogen (secondary N) is 1. The van der Waals surface area contributed by atoms with Gasteiger partial charge in [0, 0.05) is 30.8 Å². The van der Waals surface area contributed by atoms with Gasteiger partial charge in [-0.1, -0.05) is 12.5 Å². The fraction of sp³-hybridized carbons (Fsp3) is 0.591. The average Bonchev–Trinajstić information content (AvgIpc) is 3.30. The van der Waals surface area contributed by atoms with E-state index >= 15 is 0 Å². The van der Waals surface area contributed by atoms with Crippen molar-refractivity contribution in [3.8, 4) is 0 Å². The van der Waals surface area contributed by atoms with E-state index in [0.29, 0.717) is 42.6 Å². The number of carbonyl (C=O) groups is 3. The molecule has 28 heavy (non-hydrogen) atoms. The van der Waals surface area contributed by atoms with Gasteiger partial charge in [-0.25, -0.2) is 0 Å². The van der Waals surface area contributed by atoms with E-state index in [9.17, 15) is 14.4 Å². The first-order valence-electron chi connectivity index (χ1n) is 10.3. The summed E-state index contributed by atoms with van der Waals surface area (Å²) in [5.74, 6) is 1.12. The van der Waals surface area contributed by atoms with Crippen LogP contribution in [0.3, 0.4) is 0 Å². The largest absolute Gasteiger partial charge is 0.456 e. The number of ether oxygens (including phenoxy) is 1. The lowest BCUT2D eigenvalue weighted by atomic mass is 9.86. The predicted molar refractivity (Wildman–Crippen MR) is 107 cm³/mol. The summed E-state index contributed by atoms with van der Waals surface area (Å²) in [6.07, 6.45) is 5.32. The van der Waals surface area contributed by atoms with Gasteiger partial charge in [-0.2, -0.15) is 0 Å². The lowest BCUT2D eigenvalue weighted by Crippen LogP contribution is -2.30. The Morgan fingerprint density at radius 1 is 1.14 bits per heavy atom. The van der Waals surface area contributed by atoms with E-state index in [4.69, 9.17) is 4.74 Å². The Hall–Kier alpha value is -2.37. The maximum Gasteiger partial charge on any atom is 0.306 e. The molecule has 6 heteroatoms. The third-order valence-electron chi connectivity index (χ3n) is 6.12. The summed E-state index contributed by atoms with van der Waals surface area (Å²) < 4.78 is 5.17. The topological polar surface area (TPSA) is 75.7 Å². The van der Waals surface area contributed by atoms with Gasteiger partial charge in [-0.3, -0.25) is 14.4 Å². The quantitative estimate of drug-likeness (QED) is 0.694. The summed E-state index contributed by atoms with van der Waals surface area (Å²) in [4.78, 5) is 38.3. The number of benzene rings is 1. The van der Waals surface area contributed by atoms with Gasteiger partial charge in [-0.05, 0) is 69.1 Å². The first-order chi connectivity index (χ1) is 13.5. The number of fused-ring (bicyclic) bond motifs is 2. The molecule has 2 fully saturated rings. The second-order valence-electron chi connectivity index (χ2n) is 7.91. The van der Waals surface area contributed by atoms with Crippen molar-refractivity contribution in [3.63, 3.8) is 0 Å². The summed E-state index contributed by atoms with van der Waals surface area (Å²) >= 11 is 0. The lowest BCUT2D eigenvalue weighted by Gasteiger charge is -2.20. The third-order valence-corrected chi connectivity index (χ3v) is 6.12. The van der Waals surface area contributed by atoms with Crippen molar-refractivity contribution in [2.75, 3.05) is 25.0 Å². The molecular weight excluding hydrogens is 356 g/mol. The van der Waals surface area contributed by atoms with Crippen LogP contribution in [0.1, 0.15) is 56.3 Å². The highest BCUT2D eigenvalue weighted by Crippen LogP contribution is 2.49. The van der Waals surface area contributed by atoms with Crippen LogP contribution < -0.4 is 5.32 Å². The van der Waals surface area contributed by atoms with E-state index < -0.39 is 5.91 Å². The van der Waals surface area contributed by atoms with E-state index in [2.05, 4.69) is 5.32 Å². The van der Waals surface area contributed by atoms with Crippen molar-refractivity contribution in [1.82, 2.24) is 4.90 Å². The van der Waals surface area contributed by atoms with Crippen LogP contribution in [0, 0.1) is 17.8 Å². The maximum atomic E-state index is 12.4. The summed E-state index contributed by atoms with van der Waals surface area (Å²) in [6, 6.07) is 6.82. The van der Waals surface area contributed by atoms with Crippen molar-refractivity contribution in [2.24, 2.45) is 17.8 Å². The zero-order valence-electron chi connectivity index (χ0n) is 16.8. The molecule has 0 unspecified atom stereocenters. The predicted octanol–water partition coefficient (Wildman–Crippen LogP) is 3.48. The number of anilines is 1. The number of esters is 1. The summed E-state index contributed by atoms with van der Waals surface area (Å²) in [7, 11) is 0. The van der Waals surface area contributed by atoms with Gasteiger partial charge in [0.1, 0.15) is 0 Å². The normalized spacial score (nSPS) is 22.7. The molecule has 0 saturated heterocycles. The van der Waals surface area contributed by atoms with Crippen LogP contribution in [-0.2, 0) is 14.3 Å². The first kappa shape index (κ1) is 20.4. The minimum atomic E-state index is -0.395. The van der Waals surface area contributed by atoms with Crippen molar-refractivity contribution in [1.29, 1.82) is 0 Å². The van der Waals surface area contributed by atoms with Gasteiger partial charge < -0.3 is 15.0 Å². The molecule has 1 aromatic carbocycles. The van der Waals surface area contributed by atoms with Crippen LogP contribution in [0.2, 0.25) is 0 Å². The molecule has 2 aliphatic rings. The van der Waals surface area contributed by atoms with Gasteiger partial charge in [0.05, 0.1) is 0 Å². The van der Waals surface area contributed by atoms with Gasteiger partial charge >= 0.3 is 5.97 Å².